The molecule has 4 aromatic rings. The van der Waals surface area contributed by atoms with E-state index in [1.165, 1.54) is 19.4 Å². The zero-order chi connectivity index (χ0) is 24.2. The normalized spacial score (nSPS) is 10.9. The van der Waals surface area contributed by atoms with Crippen molar-refractivity contribution in [1.29, 1.82) is 0 Å². The van der Waals surface area contributed by atoms with Crippen molar-refractivity contribution in [2.24, 2.45) is 0 Å². The van der Waals surface area contributed by atoms with Crippen LogP contribution in [0, 0.1) is 0 Å². The molecule has 0 atom stereocenters. The Morgan fingerprint density at radius 2 is 1.79 bits per heavy atom. The second kappa shape index (κ2) is 9.57. The van der Waals surface area contributed by atoms with Crippen LogP contribution in [0.2, 0.25) is 0 Å². The van der Waals surface area contributed by atoms with E-state index in [0.29, 0.717) is 22.4 Å². The number of carbonyl (C=O) groups excluding carboxylic acids is 2. The fourth-order valence-electron chi connectivity index (χ4n) is 3.39. The number of pyridine rings is 1. The highest BCUT2D eigenvalue weighted by Crippen LogP contribution is 2.36. The number of aromatic nitrogens is 1. The van der Waals surface area contributed by atoms with Gasteiger partial charge in [0.15, 0.2) is 17.3 Å². The van der Waals surface area contributed by atoms with E-state index in [2.05, 4.69) is 15.0 Å². The number of fused-ring (bicyclic) bond motifs is 1. The molecule has 4 rings (SSSR count). The molecule has 0 aliphatic rings. The minimum atomic E-state index is -3.15. The maximum atomic E-state index is 13.4. The number of nitrogens with one attached hydrogen (secondary N) is 1. The van der Waals surface area contributed by atoms with Crippen molar-refractivity contribution in [2.45, 2.75) is 6.61 Å². The number of halogens is 2. The molecule has 0 saturated carbocycles. The van der Waals surface area contributed by atoms with Crippen LogP contribution >= 0.6 is 0 Å². The van der Waals surface area contributed by atoms with Crippen molar-refractivity contribution in [1.82, 2.24) is 4.98 Å². The lowest BCUT2D eigenvalue weighted by Crippen LogP contribution is -2.17. The van der Waals surface area contributed by atoms with E-state index in [1.54, 1.807) is 36.4 Å². The van der Waals surface area contributed by atoms with E-state index in [9.17, 15) is 18.4 Å². The molecule has 0 fully saturated rings. The lowest BCUT2D eigenvalue weighted by atomic mass is 10.1. The summed E-state index contributed by atoms with van der Waals surface area (Å²) < 4.78 is 45.5. The van der Waals surface area contributed by atoms with Gasteiger partial charge in [-0.25, -0.2) is 9.78 Å². The summed E-state index contributed by atoms with van der Waals surface area (Å²) in [5, 5.41) is 3.13. The van der Waals surface area contributed by atoms with Gasteiger partial charge in [0.2, 0.25) is 0 Å². The number of amides is 1. The van der Waals surface area contributed by atoms with Gasteiger partial charge < -0.3 is 23.9 Å². The Morgan fingerprint density at radius 3 is 2.47 bits per heavy atom. The predicted octanol–water partition coefficient (Wildman–Crippen LogP) is 5.14. The van der Waals surface area contributed by atoms with Crippen LogP contribution in [-0.2, 0) is 4.74 Å². The summed E-state index contributed by atoms with van der Waals surface area (Å²) in [6.45, 7) is -3.15. The summed E-state index contributed by atoms with van der Waals surface area (Å²) in [5.74, 6) is -1.48. The number of alkyl halides is 2. The minimum Gasteiger partial charge on any atom is -0.493 e. The highest BCUT2D eigenvalue weighted by atomic mass is 19.3. The molecule has 0 aliphatic carbocycles. The number of ether oxygens (including phenoxy) is 3. The summed E-state index contributed by atoms with van der Waals surface area (Å²) in [6, 6.07) is 14.1. The monoisotopic (exact) mass is 468 g/mol. The summed E-state index contributed by atoms with van der Waals surface area (Å²) in [6.07, 6.45) is 1.48. The second-order valence-electron chi connectivity index (χ2n) is 6.92. The van der Waals surface area contributed by atoms with Crippen molar-refractivity contribution < 1.29 is 37.0 Å². The zero-order valence-electron chi connectivity index (χ0n) is 18.0. The van der Waals surface area contributed by atoms with Crippen LogP contribution in [0.1, 0.15) is 20.7 Å². The second-order valence-corrected chi connectivity index (χ2v) is 6.92. The fraction of sp³-hybridized carbons (Fsp3) is 0.125. The van der Waals surface area contributed by atoms with Crippen molar-refractivity contribution in [3.63, 3.8) is 0 Å². The van der Waals surface area contributed by atoms with Gasteiger partial charge in [-0.2, -0.15) is 8.78 Å². The van der Waals surface area contributed by atoms with Crippen LogP contribution in [0.4, 0.5) is 14.5 Å². The summed E-state index contributed by atoms with van der Waals surface area (Å²) in [7, 11) is 2.38. The van der Waals surface area contributed by atoms with Gasteiger partial charge in [0.25, 0.3) is 5.91 Å². The molecule has 2 heterocycles. The standard InChI is InChI=1S/C24H18F2N2O6/c1-31-20-11-15(23(30)32-2)17(12-21(20)34-24(25)26)28-22(29)14-10-18(19-8-5-9-33-19)27-16-7-4-3-6-13(14)16/h3-12,24H,1-2H3,(H,28,29). The van der Waals surface area contributed by atoms with Crippen LogP contribution in [0.15, 0.2) is 65.3 Å². The number of anilines is 1. The molecule has 1 N–H and O–H groups in total. The van der Waals surface area contributed by atoms with E-state index >= 15 is 0 Å². The van der Waals surface area contributed by atoms with Crippen molar-refractivity contribution in [2.75, 3.05) is 19.5 Å². The lowest BCUT2D eigenvalue weighted by Gasteiger charge is -2.16. The SMILES string of the molecule is COC(=O)c1cc(OC)c(OC(F)F)cc1NC(=O)c1cc(-c2ccco2)nc2ccccc12. The lowest BCUT2D eigenvalue weighted by molar-refractivity contribution is -0.0511. The van der Waals surface area contributed by atoms with E-state index in [0.717, 1.165) is 19.2 Å². The smallest absolute Gasteiger partial charge is 0.387 e. The highest BCUT2D eigenvalue weighted by molar-refractivity contribution is 6.14. The average molecular weight is 468 g/mol. The average Bonchev–Trinajstić information content (AvgIpc) is 3.37. The van der Waals surface area contributed by atoms with Crippen molar-refractivity contribution >= 4 is 28.5 Å². The number of esters is 1. The number of rotatable bonds is 7. The number of hydrogen-bond acceptors (Lipinski definition) is 7. The quantitative estimate of drug-likeness (QED) is 0.375. The van der Waals surface area contributed by atoms with Crippen LogP contribution in [0.5, 0.6) is 11.5 Å². The maximum Gasteiger partial charge on any atom is 0.387 e. The van der Waals surface area contributed by atoms with Gasteiger partial charge in [-0.05, 0) is 24.3 Å². The molecule has 0 unspecified atom stereocenters. The van der Waals surface area contributed by atoms with Gasteiger partial charge in [0.05, 0.1) is 42.8 Å². The van der Waals surface area contributed by atoms with E-state index in [4.69, 9.17) is 13.9 Å². The van der Waals surface area contributed by atoms with Gasteiger partial charge in [0, 0.05) is 17.5 Å². The summed E-state index contributed by atoms with van der Waals surface area (Å²) >= 11 is 0. The Morgan fingerprint density at radius 1 is 1.00 bits per heavy atom. The third-order valence-electron chi connectivity index (χ3n) is 4.91. The molecule has 0 spiro atoms. The summed E-state index contributed by atoms with van der Waals surface area (Å²) in [5.41, 5.74) is 0.956. The third kappa shape index (κ3) is 4.51. The Balaban J connectivity index is 1.81. The predicted molar refractivity (Wildman–Crippen MR) is 118 cm³/mol. The molecule has 0 saturated heterocycles. The molecule has 0 bridgehead atoms. The van der Waals surface area contributed by atoms with E-state index in [-0.39, 0.29) is 28.3 Å². The van der Waals surface area contributed by atoms with Crippen molar-refractivity contribution in [3.8, 4) is 23.0 Å². The topological polar surface area (TPSA) is 99.9 Å². The Labute approximate surface area is 192 Å². The third-order valence-corrected chi connectivity index (χ3v) is 4.91. The fourth-order valence-corrected chi connectivity index (χ4v) is 3.39. The van der Waals surface area contributed by atoms with Gasteiger partial charge >= 0.3 is 12.6 Å². The van der Waals surface area contributed by atoms with Gasteiger partial charge in [-0.1, -0.05) is 18.2 Å². The van der Waals surface area contributed by atoms with Crippen LogP contribution in [-0.4, -0.2) is 37.7 Å². The number of furan rings is 1. The van der Waals surface area contributed by atoms with Crippen molar-refractivity contribution in [3.05, 3.63) is 72.0 Å². The maximum absolute atomic E-state index is 13.4. The molecule has 0 radical (unpaired) electrons. The van der Waals surface area contributed by atoms with Crippen LogP contribution < -0.4 is 14.8 Å². The number of carbonyl (C=O) groups is 2. The number of methoxy groups -OCH3 is 2. The number of nitrogens with zero attached hydrogens (tertiary/aromatic N) is 1. The zero-order valence-corrected chi connectivity index (χ0v) is 18.0. The molecule has 34 heavy (non-hydrogen) atoms. The molecule has 0 aliphatic heterocycles. The molecular weight excluding hydrogens is 450 g/mol. The molecule has 2 aromatic heterocycles. The molecule has 174 valence electrons. The van der Waals surface area contributed by atoms with Crippen LogP contribution in [0.25, 0.3) is 22.4 Å². The number of benzene rings is 2. The first-order valence-electron chi connectivity index (χ1n) is 9.91. The van der Waals surface area contributed by atoms with Gasteiger partial charge in [-0.3, -0.25) is 4.79 Å². The van der Waals surface area contributed by atoms with Gasteiger partial charge in [0.1, 0.15) is 5.69 Å². The molecule has 8 nitrogen and oxygen atoms in total. The Kier molecular flexibility index (Phi) is 6.39. The highest BCUT2D eigenvalue weighted by Gasteiger charge is 2.23. The van der Waals surface area contributed by atoms with Crippen LogP contribution in [0.3, 0.4) is 0 Å². The number of hydrogen-bond donors (Lipinski definition) is 1. The molecule has 2 aromatic carbocycles. The Bertz CT molecular complexity index is 1360. The first-order valence-corrected chi connectivity index (χ1v) is 9.91. The number of para-hydroxylation sites is 1. The van der Waals surface area contributed by atoms with Gasteiger partial charge in [-0.15, -0.1) is 0 Å². The first-order chi connectivity index (χ1) is 16.4. The molecule has 1 amide bonds. The minimum absolute atomic E-state index is 0.103. The Hall–Kier alpha value is -4.47. The summed E-state index contributed by atoms with van der Waals surface area (Å²) in [4.78, 5) is 30.2. The van der Waals surface area contributed by atoms with E-state index in [1.807, 2.05) is 0 Å². The molecule has 10 heteroatoms. The molecular formula is C24H18F2N2O6. The largest absolute Gasteiger partial charge is 0.493 e. The van der Waals surface area contributed by atoms with E-state index < -0.39 is 18.5 Å². The first kappa shape index (κ1) is 22.7.